The summed E-state index contributed by atoms with van der Waals surface area (Å²) in [5.41, 5.74) is 1.30. The van der Waals surface area contributed by atoms with Crippen LogP contribution in [0.15, 0.2) is 22.9 Å². The maximum Gasteiger partial charge on any atom is 0.106 e. The summed E-state index contributed by atoms with van der Waals surface area (Å²) in [5.74, 6) is 0. The summed E-state index contributed by atoms with van der Waals surface area (Å²) in [6, 6.07) is 4.15. The summed E-state index contributed by atoms with van der Waals surface area (Å²) in [6.07, 6.45) is 1.95. The highest BCUT2D eigenvalue weighted by Gasteiger charge is 2.15. The lowest BCUT2D eigenvalue weighted by Gasteiger charge is -2.33. The Morgan fingerprint density at radius 1 is 1.18 bits per heavy atom. The van der Waals surface area contributed by atoms with Gasteiger partial charge in [-0.05, 0) is 34.1 Å². The van der Waals surface area contributed by atoms with Gasteiger partial charge in [0.2, 0.25) is 0 Å². The minimum absolute atomic E-state index is 0. The molecule has 1 saturated heterocycles. The van der Waals surface area contributed by atoms with Crippen molar-refractivity contribution in [3.05, 3.63) is 28.5 Å². The molecule has 1 aromatic heterocycles. The van der Waals surface area contributed by atoms with E-state index >= 15 is 0 Å². The maximum absolute atomic E-state index is 4.26. The van der Waals surface area contributed by atoms with Gasteiger partial charge in [0.1, 0.15) is 4.60 Å². The third kappa shape index (κ3) is 4.54. The molecule has 5 heteroatoms. The van der Waals surface area contributed by atoms with Gasteiger partial charge in [0, 0.05) is 38.9 Å². The monoisotopic (exact) mass is 319 g/mol. The van der Waals surface area contributed by atoms with Gasteiger partial charge in [-0.25, -0.2) is 4.98 Å². The van der Waals surface area contributed by atoms with Gasteiger partial charge in [-0.15, -0.1) is 12.4 Å². The molecule has 0 N–H and O–H groups in total. The smallest absolute Gasteiger partial charge is 0.106 e. The van der Waals surface area contributed by atoms with Crippen LogP contribution >= 0.6 is 28.3 Å². The number of piperazine rings is 1. The predicted octanol–water partition coefficient (Wildman–Crippen LogP) is 2.40. The lowest BCUT2D eigenvalue weighted by atomic mass is 10.2. The van der Waals surface area contributed by atoms with E-state index in [1.807, 2.05) is 12.3 Å². The first kappa shape index (κ1) is 14.9. The van der Waals surface area contributed by atoms with Crippen molar-refractivity contribution < 1.29 is 0 Å². The van der Waals surface area contributed by atoms with Crippen molar-refractivity contribution >= 4 is 28.3 Å². The van der Waals surface area contributed by atoms with E-state index in [-0.39, 0.29) is 12.4 Å². The molecule has 3 nitrogen and oxygen atoms in total. The molecular weight excluding hydrogens is 302 g/mol. The van der Waals surface area contributed by atoms with Crippen LogP contribution < -0.4 is 0 Å². The summed E-state index contributed by atoms with van der Waals surface area (Å²) < 4.78 is 0.909. The van der Waals surface area contributed by atoms with Crippen LogP contribution in [0, 0.1) is 0 Å². The van der Waals surface area contributed by atoms with Crippen molar-refractivity contribution in [2.45, 2.75) is 13.5 Å². The van der Waals surface area contributed by atoms with E-state index in [4.69, 9.17) is 0 Å². The molecule has 1 aliphatic heterocycles. The Bertz CT molecular complexity index is 323. The summed E-state index contributed by atoms with van der Waals surface area (Å²) in [7, 11) is 0. The van der Waals surface area contributed by atoms with Crippen LogP contribution in [0.1, 0.15) is 12.5 Å². The van der Waals surface area contributed by atoms with Crippen LogP contribution in [0.4, 0.5) is 0 Å². The second-order valence-electron chi connectivity index (χ2n) is 4.20. The van der Waals surface area contributed by atoms with E-state index in [1.54, 1.807) is 0 Å². The van der Waals surface area contributed by atoms with Crippen molar-refractivity contribution in [3.8, 4) is 0 Å². The standard InChI is InChI=1S/C12H18BrN3.ClH/c1-2-15-5-7-16(8-6-15)10-11-3-4-12(13)14-9-11;/h3-4,9H,2,5-8,10H2,1H3;1H. The molecule has 0 aromatic carbocycles. The molecule has 1 aromatic rings. The van der Waals surface area contributed by atoms with E-state index in [9.17, 15) is 0 Å². The minimum Gasteiger partial charge on any atom is -0.301 e. The first-order valence-electron chi connectivity index (χ1n) is 5.83. The van der Waals surface area contributed by atoms with Crippen molar-refractivity contribution in [3.63, 3.8) is 0 Å². The molecule has 0 aliphatic carbocycles. The van der Waals surface area contributed by atoms with Gasteiger partial charge in [-0.3, -0.25) is 4.90 Å². The van der Waals surface area contributed by atoms with Crippen LogP contribution in [-0.4, -0.2) is 47.5 Å². The number of aromatic nitrogens is 1. The first-order chi connectivity index (χ1) is 7.78. The number of nitrogens with zero attached hydrogens (tertiary/aromatic N) is 3. The predicted molar refractivity (Wildman–Crippen MR) is 76.6 cm³/mol. The van der Waals surface area contributed by atoms with Crippen LogP contribution in [0.5, 0.6) is 0 Å². The molecule has 1 aliphatic rings. The van der Waals surface area contributed by atoms with Crippen molar-refractivity contribution in [2.75, 3.05) is 32.7 Å². The van der Waals surface area contributed by atoms with E-state index in [2.05, 4.69) is 43.7 Å². The molecule has 0 radical (unpaired) electrons. The Labute approximate surface area is 118 Å². The number of pyridine rings is 1. The van der Waals surface area contributed by atoms with Gasteiger partial charge in [-0.2, -0.15) is 0 Å². The first-order valence-corrected chi connectivity index (χ1v) is 6.62. The topological polar surface area (TPSA) is 19.4 Å². The minimum atomic E-state index is 0. The van der Waals surface area contributed by atoms with Gasteiger partial charge in [0.25, 0.3) is 0 Å². The maximum atomic E-state index is 4.26. The zero-order chi connectivity index (χ0) is 11.4. The van der Waals surface area contributed by atoms with Crippen LogP contribution in [0.25, 0.3) is 0 Å². The molecule has 0 amide bonds. The fourth-order valence-electron chi connectivity index (χ4n) is 2.02. The highest BCUT2D eigenvalue weighted by atomic mass is 79.9. The molecule has 2 heterocycles. The third-order valence-corrected chi connectivity index (χ3v) is 3.58. The van der Waals surface area contributed by atoms with E-state index < -0.39 is 0 Å². The lowest BCUT2D eigenvalue weighted by Crippen LogP contribution is -2.45. The fourth-order valence-corrected chi connectivity index (χ4v) is 2.26. The Balaban J connectivity index is 0.00000144. The molecule has 0 bridgehead atoms. The number of halogens is 2. The van der Waals surface area contributed by atoms with Crippen LogP contribution in [-0.2, 0) is 6.54 Å². The zero-order valence-electron chi connectivity index (χ0n) is 10.1. The van der Waals surface area contributed by atoms with Crippen LogP contribution in [0.2, 0.25) is 0 Å². The fraction of sp³-hybridized carbons (Fsp3) is 0.583. The number of likely N-dealkylation sites (N-methyl/N-ethyl adjacent to an activating group) is 1. The van der Waals surface area contributed by atoms with Crippen LogP contribution in [0.3, 0.4) is 0 Å². The SMILES string of the molecule is CCN1CCN(Cc2ccc(Br)nc2)CC1.Cl. The largest absolute Gasteiger partial charge is 0.301 e. The number of hydrogen-bond acceptors (Lipinski definition) is 3. The van der Waals surface area contributed by atoms with Crippen molar-refractivity contribution in [2.24, 2.45) is 0 Å². The number of hydrogen-bond donors (Lipinski definition) is 0. The van der Waals surface area contributed by atoms with Gasteiger partial charge in [0.05, 0.1) is 0 Å². The average molecular weight is 321 g/mol. The molecule has 0 unspecified atom stereocenters. The molecule has 0 atom stereocenters. The highest BCUT2D eigenvalue weighted by molar-refractivity contribution is 9.10. The van der Waals surface area contributed by atoms with E-state index in [0.717, 1.165) is 11.1 Å². The van der Waals surface area contributed by atoms with Gasteiger partial charge >= 0.3 is 0 Å². The van der Waals surface area contributed by atoms with Crippen molar-refractivity contribution in [1.29, 1.82) is 0 Å². The highest BCUT2D eigenvalue weighted by Crippen LogP contribution is 2.10. The zero-order valence-corrected chi connectivity index (χ0v) is 12.5. The Kier molecular flexibility index (Phi) is 6.41. The van der Waals surface area contributed by atoms with Gasteiger partial charge in [0.15, 0.2) is 0 Å². The molecule has 2 rings (SSSR count). The second-order valence-corrected chi connectivity index (χ2v) is 5.01. The summed E-state index contributed by atoms with van der Waals surface area (Å²) >= 11 is 3.36. The quantitative estimate of drug-likeness (QED) is 0.797. The normalized spacial score (nSPS) is 17.8. The molecule has 0 spiro atoms. The number of rotatable bonds is 3. The summed E-state index contributed by atoms with van der Waals surface area (Å²) in [4.78, 5) is 9.25. The third-order valence-electron chi connectivity index (χ3n) is 3.11. The molecule has 1 fully saturated rings. The molecule has 0 saturated carbocycles. The van der Waals surface area contributed by atoms with E-state index in [1.165, 1.54) is 38.3 Å². The molecular formula is C12H19BrClN3. The van der Waals surface area contributed by atoms with Gasteiger partial charge < -0.3 is 4.90 Å². The van der Waals surface area contributed by atoms with E-state index in [0.29, 0.717) is 0 Å². The van der Waals surface area contributed by atoms with Crippen molar-refractivity contribution in [1.82, 2.24) is 14.8 Å². The Morgan fingerprint density at radius 2 is 1.82 bits per heavy atom. The Hall–Kier alpha value is -0.160. The second kappa shape index (κ2) is 7.31. The Morgan fingerprint density at radius 3 is 2.35 bits per heavy atom. The molecule has 17 heavy (non-hydrogen) atoms. The summed E-state index contributed by atoms with van der Waals surface area (Å²) in [5, 5.41) is 0. The lowest BCUT2D eigenvalue weighted by molar-refractivity contribution is 0.132. The molecule has 96 valence electrons. The van der Waals surface area contributed by atoms with Gasteiger partial charge in [-0.1, -0.05) is 13.0 Å². The average Bonchev–Trinajstić information content (AvgIpc) is 2.33. The summed E-state index contributed by atoms with van der Waals surface area (Å²) in [6.45, 7) is 9.16.